The fourth-order valence-corrected chi connectivity index (χ4v) is 3.26. The zero-order valence-electron chi connectivity index (χ0n) is 12.5. The smallest absolute Gasteiger partial charge is 0.0610 e. The summed E-state index contributed by atoms with van der Waals surface area (Å²) in [4.78, 5) is 1.16. The molecular weight excluding hydrogens is 290 g/mol. The summed E-state index contributed by atoms with van der Waals surface area (Å²) in [7, 11) is 0. The molecule has 1 unspecified atom stereocenters. The van der Waals surface area contributed by atoms with Gasteiger partial charge >= 0.3 is 0 Å². The molecule has 0 heterocycles. The van der Waals surface area contributed by atoms with E-state index < -0.39 is 0 Å². The first kappa shape index (κ1) is 17.8. The molecule has 0 bridgehead atoms. The van der Waals surface area contributed by atoms with Crippen LogP contribution >= 0.6 is 23.4 Å². The predicted octanol–water partition coefficient (Wildman–Crippen LogP) is 4.35. The van der Waals surface area contributed by atoms with Gasteiger partial charge in [0.1, 0.15) is 0 Å². The molecule has 0 saturated carbocycles. The van der Waals surface area contributed by atoms with Crippen LogP contribution in [0.4, 0.5) is 0 Å². The molecule has 0 saturated heterocycles. The Morgan fingerprint density at radius 3 is 2.70 bits per heavy atom. The minimum absolute atomic E-state index is 0.134. The van der Waals surface area contributed by atoms with E-state index in [-0.39, 0.29) is 12.1 Å². The lowest BCUT2D eigenvalue weighted by Gasteiger charge is -2.28. The normalized spacial score (nSPS) is 14.2. The molecule has 1 rings (SSSR count). The van der Waals surface area contributed by atoms with Gasteiger partial charge in [0.05, 0.1) is 11.6 Å². The van der Waals surface area contributed by atoms with Crippen molar-refractivity contribution >= 4 is 23.4 Å². The van der Waals surface area contributed by atoms with Crippen LogP contribution in [0.5, 0.6) is 0 Å². The van der Waals surface area contributed by atoms with Crippen molar-refractivity contribution in [3.8, 4) is 0 Å². The number of nitrogens with one attached hydrogen (secondary N) is 1. The van der Waals surface area contributed by atoms with E-state index in [0.717, 1.165) is 47.9 Å². The van der Waals surface area contributed by atoms with Crippen molar-refractivity contribution in [2.75, 3.05) is 18.9 Å². The molecule has 0 aliphatic rings. The highest BCUT2D eigenvalue weighted by Crippen LogP contribution is 2.27. The van der Waals surface area contributed by atoms with Crippen molar-refractivity contribution in [1.29, 1.82) is 0 Å². The van der Waals surface area contributed by atoms with Gasteiger partial charge in [-0.25, -0.2) is 0 Å². The van der Waals surface area contributed by atoms with Gasteiger partial charge in [0.25, 0.3) is 0 Å². The van der Waals surface area contributed by atoms with E-state index in [4.69, 9.17) is 11.6 Å². The minimum atomic E-state index is -0.134. The highest BCUT2D eigenvalue weighted by Gasteiger charge is 2.21. The summed E-state index contributed by atoms with van der Waals surface area (Å²) >= 11 is 7.93. The maximum atomic E-state index is 9.50. The molecule has 0 aromatic heterocycles. The molecule has 0 aliphatic heterocycles. The summed E-state index contributed by atoms with van der Waals surface area (Å²) in [5, 5.41) is 13.8. The SMILES string of the molecule is CCCNC(C)(CO)CCCCSc1ccccc1Cl. The molecule has 0 aliphatic carbocycles. The number of aliphatic hydroxyl groups is 1. The third-order valence-corrected chi connectivity index (χ3v) is 4.97. The van der Waals surface area contributed by atoms with E-state index in [0.29, 0.717) is 0 Å². The number of benzene rings is 1. The lowest BCUT2D eigenvalue weighted by molar-refractivity contribution is 0.163. The average molecular weight is 316 g/mol. The lowest BCUT2D eigenvalue weighted by atomic mass is 9.96. The van der Waals surface area contributed by atoms with Crippen molar-refractivity contribution < 1.29 is 5.11 Å². The summed E-state index contributed by atoms with van der Waals surface area (Å²) in [6.45, 7) is 5.41. The summed E-state index contributed by atoms with van der Waals surface area (Å²) in [5.41, 5.74) is -0.134. The number of hydrogen-bond acceptors (Lipinski definition) is 3. The molecule has 1 aromatic rings. The van der Waals surface area contributed by atoms with Crippen LogP contribution in [0.1, 0.15) is 39.5 Å². The van der Waals surface area contributed by atoms with Gasteiger partial charge in [-0.05, 0) is 50.6 Å². The second kappa shape index (κ2) is 9.67. The van der Waals surface area contributed by atoms with Crippen LogP contribution in [0.2, 0.25) is 5.02 Å². The first-order valence-electron chi connectivity index (χ1n) is 7.34. The van der Waals surface area contributed by atoms with Crippen molar-refractivity contribution in [2.45, 2.75) is 50.0 Å². The maximum Gasteiger partial charge on any atom is 0.0610 e. The molecule has 1 atom stereocenters. The van der Waals surface area contributed by atoms with Crippen molar-refractivity contribution in [3.05, 3.63) is 29.3 Å². The van der Waals surface area contributed by atoms with Gasteiger partial charge in [-0.15, -0.1) is 11.8 Å². The first-order chi connectivity index (χ1) is 9.61. The van der Waals surface area contributed by atoms with Gasteiger partial charge in [-0.1, -0.05) is 37.1 Å². The Kier molecular flexibility index (Phi) is 8.62. The molecule has 20 heavy (non-hydrogen) atoms. The van der Waals surface area contributed by atoms with Crippen LogP contribution in [-0.2, 0) is 0 Å². The molecule has 1 aromatic carbocycles. The number of aliphatic hydroxyl groups excluding tert-OH is 1. The van der Waals surface area contributed by atoms with Crippen LogP contribution in [0, 0.1) is 0 Å². The number of rotatable bonds is 10. The van der Waals surface area contributed by atoms with Crippen LogP contribution in [-0.4, -0.2) is 29.5 Å². The largest absolute Gasteiger partial charge is 0.394 e. The summed E-state index contributed by atoms with van der Waals surface area (Å²) < 4.78 is 0. The summed E-state index contributed by atoms with van der Waals surface area (Å²) in [5.74, 6) is 1.07. The third-order valence-electron chi connectivity index (χ3n) is 3.37. The van der Waals surface area contributed by atoms with E-state index in [9.17, 15) is 5.11 Å². The fourth-order valence-electron chi connectivity index (χ4n) is 2.01. The van der Waals surface area contributed by atoms with Crippen molar-refractivity contribution in [2.24, 2.45) is 0 Å². The van der Waals surface area contributed by atoms with Crippen LogP contribution in [0.15, 0.2) is 29.2 Å². The number of unbranched alkanes of at least 4 members (excludes halogenated alkanes) is 1. The molecular formula is C16H26ClNOS. The second-order valence-corrected chi connectivity index (χ2v) is 6.93. The molecule has 0 amide bonds. The maximum absolute atomic E-state index is 9.50. The Balaban J connectivity index is 2.22. The van der Waals surface area contributed by atoms with Gasteiger partial charge in [-0.3, -0.25) is 0 Å². The van der Waals surface area contributed by atoms with Gasteiger partial charge < -0.3 is 10.4 Å². The molecule has 2 nitrogen and oxygen atoms in total. The van der Waals surface area contributed by atoms with Crippen LogP contribution in [0.3, 0.4) is 0 Å². The number of halogens is 1. The van der Waals surface area contributed by atoms with E-state index in [1.54, 1.807) is 0 Å². The van der Waals surface area contributed by atoms with Gasteiger partial charge in [-0.2, -0.15) is 0 Å². The topological polar surface area (TPSA) is 32.3 Å². The predicted molar refractivity (Wildman–Crippen MR) is 89.8 cm³/mol. The number of thioether (sulfide) groups is 1. The summed E-state index contributed by atoms with van der Waals surface area (Å²) in [6.07, 6.45) is 4.36. The zero-order valence-corrected chi connectivity index (χ0v) is 14.1. The average Bonchev–Trinajstić information content (AvgIpc) is 2.46. The first-order valence-corrected chi connectivity index (χ1v) is 8.71. The highest BCUT2D eigenvalue weighted by molar-refractivity contribution is 7.99. The van der Waals surface area contributed by atoms with E-state index in [1.165, 1.54) is 0 Å². The highest BCUT2D eigenvalue weighted by atomic mass is 35.5. The Morgan fingerprint density at radius 2 is 2.05 bits per heavy atom. The fraction of sp³-hybridized carbons (Fsp3) is 0.625. The van der Waals surface area contributed by atoms with Crippen molar-refractivity contribution in [1.82, 2.24) is 5.32 Å². The molecule has 114 valence electrons. The van der Waals surface area contributed by atoms with Crippen molar-refractivity contribution in [3.63, 3.8) is 0 Å². The molecule has 0 fully saturated rings. The van der Waals surface area contributed by atoms with E-state index in [2.05, 4.69) is 25.2 Å². The minimum Gasteiger partial charge on any atom is -0.394 e. The Morgan fingerprint density at radius 1 is 1.30 bits per heavy atom. The Bertz CT molecular complexity index is 388. The Hall–Kier alpha value is -0.220. The number of hydrogen-bond donors (Lipinski definition) is 2. The van der Waals surface area contributed by atoms with Crippen LogP contribution in [0.25, 0.3) is 0 Å². The van der Waals surface area contributed by atoms with Gasteiger partial charge in [0, 0.05) is 10.4 Å². The van der Waals surface area contributed by atoms with E-state index in [1.807, 2.05) is 30.0 Å². The summed E-state index contributed by atoms with van der Waals surface area (Å²) in [6, 6.07) is 7.97. The Labute approximate surface area is 132 Å². The second-order valence-electron chi connectivity index (χ2n) is 5.38. The molecule has 2 N–H and O–H groups in total. The zero-order chi connectivity index (χ0) is 14.8. The molecule has 0 radical (unpaired) electrons. The van der Waals surface area contributed by atoms with E-state index >= 15 is 0 Å². The third kappa shape index (κ3) is 6.49. The molecule has 0 spiro atoms. The van der Waals surface area contributed by atoms with Gasteiger partial charge in [0.15, 0.2) is 0 Å². The standard InChI is InChI=1S/C16H26ClNOS/c1-3-11-18-16(2,13-19)10-6-7-12-20-15-9-5-4-8-14(15)17/h4-5,8-9,18-19H,3,6-7,10-13H2,1-2H3. The lowest BCUT2D eigenvalue weighted by Crippen LogP contribution is -2.46. The van der Waals surface area contributed by atoms with Crippen LogP contribution < -0.4 is 5.32 Å². The quantitative estimate of drug-likeness (QED) is 0.497. The monoisotopic (exact) mass is 315 g/mol. The molecule has 4 heteroatoms. The van der Waals surface area contributed by atoms with Gasteiger partial charge in [0.2, 0.25) is 0 Å².